The standard InChI is InChI=1S/C22H33N3O2/c1-2-13-23-22(27)25-15-6-14-24(16-17-25)21(26)20-11-9-19(10-12-20)18-7-4-3-5-8-18/h9-12,18H,2-8,13-17H2,1H3,(H,23,27). The number of carbonyl (C=O) groups excluding carboxylic acids is 2. The Labute approximate surface area is 163 Å². The molecule has 1 aliphatic carbocycles. The van der Waals surface area contributed by atoms with E-state index in [0.717, 1.165) is 18.4 Å². The molecule has 0 unspecified atom stereocenters. The quantitative estimate of drug-likeness (QED) is 0.870. The van der Waals surface area contributed by atoms with E-state index in [0.29, 0.717) is 38.6 Å². The second-order valence-corrected chi connectivity index (χ2v) is 7.82. The van der Waals surface area contributed by atoms with Crippen LogP contribution in [0.4, 0.5) is 4.79 Å². The van der Waals surface area contributed by atoms with Gasteiger partial charge in [0.15, 0.2) is 0 Å². The van der Waals surface area contributed by atoms with Crippen LogP contribution < -0.4 is 5.32 Å². The Morgan fingerprint density at radius 1 is 0.926 bits per heavy atom. The van der Waals surface area contributed by atoms with Crippen molar-refractivity contribution < 1.29 is 9.59 Å². The molecule has 27 heavy (non-hydrogen) atoms. The molecule has 3 amide bonds. The first-order valence-corrected chi connectivity index (χ1v) is 10.6. The minimum absolute atomic E-state index is 0.0111. The van der Waals surface area contributed by atoms with Crippen molar-refractivity contribution in [2.45, 2.75) is 57.8 Å². The van der Waals surface area contributed by atoms with Gasteiger partial charge in [-0.2, -0.15) is 0 Å². The molecule has 1 saturated heterocycles. The summed E-state index contributed by atoms with van der Waals surface area (Å²) in [5.41, 5.74) is 2.14. The molecule has 0 bridgehead atoms. The SMILES string of the molecule is CCCNC(=O)N1CCCN(C(=O)c2ccc(C3CCCCC3)cc2)CC1. The molecule has 0 atom stereocenters. The summed E-state index contributed by atoms with van der Waals surface area (Å²) >= 11 is 0. The molecule has 0 radical (unpaired) electrons. The van der Waals surface area contributed by atoms with Crippen molar-refractivity contribution in [1.82, 2.24) is 15.1 Å². The van der Waals surface area contributed by atoms with Crippen molar-refractivity contribution >= 4 is 11.9 Å². The summed E-state index contributed by atoms with van der Waals surface area (Å²) < 4.78 is 0. The molecular formula is C22H33N3O2. The number of nitrogens with one attached hydrogen (secondary N) is 1. The lowest BCUT2D eigenvalue weighted by atomic mass is 9.84. The third-order valence-electron chi connectivity index (χ3n) is 5.83. The molecule has 1 N–H and O–H groups in total. The highest BCUT2D eigenvalue weighted by atomic mass is 16.2. The van der Waals surface area contributed by atoms with Gasteiger partial charge in [0.25, 0.3) is 5.91 Å². The second-order valence-electron chi connectivity index (χ2n) is 7.82. The Kier molecular flexibility index (Phi) is 7.13. The molecule has 0 aromatic heterocycles. The van der Waals surface area contributed by atoms with Crippen LogP contribution in [0.2, 0.25) is 0 Å². The number of benzene rings is 1. The molecule has 1 aromatic carbocycles. The number of urea groups is 1. The van der Waals surface area contributed by atoms with Gasteiger partial charge in [-0.15, -0.1) is 0 Å². The van der Waals surface area contributed by atoms with Gasteiger partial charge in [0.05, 0.1) is 0 Å². The fourth-order valence-electron chi connectivity index (χ4n) is 4.18. The Hall–Kier alpha value is -2.04. The Balaban J connectivity index is 1.56. The Morgan fingerprint density at radius 2 is 1.59 bits per heavy atom. The molecule has 1 heterocycles. The Bertz CT molecular complexity index is 623. The van der Waals surface area contributed by atoms with E-state index >= 15 is 0 Å². The summed E-state index contributed by atoms with van der Waals surface area (Å²) in [7, 11) is 0. The second kappa shape index (κ2) is 9.77. The third-order valence-corrected chi connectivity index (χ3v) is 5.83. The summed E-state index contributed by atoms with van der Waals surface area (Å²) in [6, 6.07) is 8.26. The lowest BCUT2D eigenvalue weighted by Crippen LogP contribution is -2.42. The molecule has 1 aliphatic heterocycles. The van der Waals surface area contributed by atoms with Gasteiger partial charge >= 0.3 is 6.03 Å². The number of carbonyl (C=O) groups is 2. The monoisotopic (exact) mass is 371 g/mol. The molecule has 0 spiro atoms. The van der Waals surface area contributed by atoms with Crippen molar-refractivity contribution in [3.8, 4) is 0 Å². The first-order valence-electron chi connectivity index (χ1n) is 10.6. The molecule has 1 aromatic rings. The van der Waals surface area contributed by atoms with Crippen LogP contribution in [0.25, 0.3) is 0 Å². The fourth-order valence-corrected chi connectivity index (χ4v) is 4.18. The van der Waals surface area contributed by atoms with E-state index in [2.05, 4.69) is 17.4 Å². The van der Waals surface area contributed by atoms with Crippen LogP contribution in [0, 0.1) is 0 Å². The van der Waals surface area contributed by atoms with Gasteiger partial charge in [0.2, 0.25) is 0 Å². The van der Waals surface area contributed by atoms with Crippen LogP contribution in [0.15, 0.2) is 24.3 Å². The molecule has 148 valence electrons. The number of hydrogen-bond acceptors (Lipinski definition) is 2. The van der Waals surface area contributed by atoms with Gasteiger partial charge in [-0.05, 0) is 49.3 Å². The lowest BCUT2D eigenvalue weighted by Gasteiger charge is -2.24. The molecule has 3 rings (SSSR count). The van der Waals surface area contributed by atoms with Crippen LogP contribution >= 0.6 is 0 Å². The normalized spacial score (nSPS) is 18.9. The van der Waals surface area contributed by atoms with Crippen molar-refractivity contribution in [1.29, 1.82) is 0 Å². The minimum Gasteiger partial charge on any atom is -0.338 e. The highest BCUT2D eigenvalue weighted by Crippen LogP contribution is 2.32. The number of hydrogen-bond donors (Lipinski definition) is 1. The summed E-state index contributed by atoms with van der Waals surface area (Å²) in [4.78, 5) is 28.8. The average molecular weight is 372 g/mol. The van der Waals surface area contributed by atoms with Gasteiger partial charge in [-0.3, -0.25) is 4.79 Å². The molecular weight excluding hydrogens is 338 g/mol. The highest BCUT2D eigenvalue weighted by Gasteiger charge is 2.23. The lowest BCUT2D eigenvalue weighted by molar-refractivity contribution is 0.0762. The van der Waals surface area contributed by atoms with E-state index in [1.165, 1.54) is 37.7 Å². The first-order chi connectivity index (χ1) is 13.2. The van der Waals surface area contributed by atoms with Crippen LogP contribution in [-0.4, -0.2) is 54.5 Å². The largest absolute Gasteiger partial charge is 0.338 e. The topological polar surface area (TPSA) is 52.7 Å². The van der Waals surface area contributed by atoms with Gasteiger partial charge < -0.3 is 15.1 Å². The van der Waals surface area contributed by atoms with E-state index in [1.54, 1.807) is 0 Å². The maximum Gasteiger partial charge on any atom is 0.317 e. The highest BCUT2D eigenvalue weighted by molar-refractivity contribution is 5.94. The smallest absolute Gasteiger partial charge is 0.317 e. The minimum atomic E-state index is -0.0111. The zero-order valence-electron chi connectivity index (χ0n) is 16.6. The predicted molar refractivity (Wildman–Crippen MR) is 108 cm³/mol. The summed E-state index contributed by atoms with van der Waals surface area (Å²) in [5.74, 6) is 0.747. The Morgan fingerprint density at radius 3 is 2.30 bits per heavy atom. The van der Waals surface area contributed by atoms with Crippen LogP contribution in [-0.2, 0) is 0 Å². The van der Waals surface area contributed by atoms with Crippen molar-refractivity contribution in [3.63, 3.8) is 0 Å². The average Bonchev–Trinajstić information content (AvgIpc) is 2.98. The third kappa shape index (κ3) is 5.24. The zero-order valence-corrected chi connectivity index (χ0v) is 16.6. The summed E-state index contributed by atoms with van der Waals surface area (Å²) in [6.45, 7) is 5.36. The van der Waals surface area contributed by atoms with E-state index in [9.17, 15) is 9.59 Å². The number of nitrogens with zero attached hydrogens (tertiary/aromatic N) is 2. The van der Waals surface area contributed by atoms with E-state index in [4.69, 9.17) is 0 Å². The van der Waals surface area contributed by atoms with Crippen molar-refractivity contribution in [2.75, 3.05) is 32.7 Å². The molecule has 2 fully saturated rings. The van der Waals surface area contributed by atoms with E-state index in [-0.39, 0.29) is 11.9 Å². The summed E-state index contributed by atoms with van der Waals surface area (Å²) in [6.07, 6.45) is 8.30. The maximum absolute atomic E-state index is 12.9. The van der Waals surface area contributed by atoms with Gasteiger partial charge in [-0.25, -0.2) is 4.79 Å². The fraction of sp³-hybridized carbons (Fsp3) is 0.636. The maximum atomic E-state index is 12.9. The van der Waals surface area contributed by atoms with Crippen LogP contribution in [0.5, 0.6) is 0 Å². The van der Waals surface area contributed by atoms with Crippen LogP contribution in [0.3, 0.4) is 0 Å². The van der Waals surface area contributed by atoms with Gasteiger partial charge in [-0.1, -0.05) is 38.3 Å². The van der Waals surface area contributed by atoms with Gasteiger partial charge in [0, 0.05) is 38.3 Å². The molecule has 5 heteroatoms. The zero-order chi connectivity index (χ0) is 19.1. The summed E-state index contributed by atoms with van der Waals surface area (Å²) in [5, 5.41) is 2.93. The van der Waals surface area contributed by atoms with E-state index in [1.807, 2.05) is 28.9 Å². The van der Waals surface area contributed by atoms with E-state index < -0.39 is 0 Å². The molecule has 5 nitrogen and oxygen atoms in total. The molecule has 1 saturated carbocycles. The number of rotatable bonds is 4. The van der Waals surface area contributed by atoms with Crippen molar-refractivity contribution in [2.24, 2.45) is 0 Å². The van der Waals surface area contributed by atoms with Crippen LogP contribution in [0.1, 0.15) is 73.7 Å². The molecule has 2 aliphatic rings. The van der Waals surface area contributed by atoms with Crippen molar-refractivity contribution in [3.05, 3.63) is 35.4 Å². The first kappa shape index (κ1) is 19.7. The number of amides is 3. The van der Waals surface area contributed by atoms with Gasteiger partial charge in [0.1, 0.15) is 0 Å². The predicted octanol–water partition coefficient (Wildman–Crippen LogP) is 4.00.